The molecule has 0 aliphatic carbocycles. The molecule has 1 atom stereocenters. The second-order valence-corrected chi connectivity index (χ2v) is 4.52. The summed E-state index contributed by atoms with van der Waals surface area (Å²) in [4.78, 5) is 23.2. The maximum Gasteiger partial charge on any atom is 0.330 e. The predicted molar refractivity (Wildman–Crippen MR) is 75.1 cm³/mol. The van der Waals surface area contributed by atoms with Gasteiger partial charge >= 0.3 is 5.97 Å². The maximum absolute atomic E-state index is 13.5. The molecule has 4 nitrogen and oxygen atoms in total. The molecule has 2 aromatic carbocycles. The lowest BCUT2D eigenvalue weighted by atomic mass is 10.1. The van der Waals surface area contributed by atoms with Crippen molar-refractivity contribution in [3.63, 3.8) is 0 Å². The molecular weight excluding hydrogens is 273 g/mol. The van der Waals surface area contributed by atoms with Crippen LogP contribution in [0.5, 0.6) is 0 Å². The number of carboxylic acid groups (broad SMARTS) is 1. The van der Waals surface area contributed by atoms with Crippen LogP contribution in [0.1, 0.15) is 17.2 Å². The summed E-state index contributed by atoms with van der Waals surface area (Å²) in [5.41, 5.74) is 0.694. The second-order valence-electron chi connectivity index (χ2n) is 4.52. The number of carboxylic acids is 1. The maximum atomic E-state index is 13.5. The Morgan fingerprint density at radius 1 is 1.05 bits per heavy atom. The van der Waals surface area contributed by atoms with E-state index in [1.165, 1.54) is 18.2 Å². The molecule has 108 valence electrons. The van der Waals surface area contributed by atoms with Gasteiger partial charge in [-0.05, 0) is 17.2 Å². The van der Waals surface area contributed by atoms with Crippen LogP contribution >= 0.6 is 0 Å². The number of benzene rings is 2. The lowest BCUT2D eigenvalue weighted by molar-refractivity contribution is -0.142. The molecule has 0 aliphatic heterocycles. The van der Waals surface area contributed by atoms with E-state index in [1.807, 2.05) is 0 Å². The average molecular weight is 287 g/mol. The molecule has 0 spiro atoms. The van der Waals surface area contributed by atoms with Gasteiger partial charge in [0, 0.05) is 0 Å². The Labute approximate surface area is 121 Å². The minimum Gasteiger partial charge on any atom is -0.479 e. The molecular formula is C16H14FNO3. The Balaban J connectivity index is 2.10. The molecule has 0 radical (unpaired) electrons. The summed E-state index contributed by atoms with van der Waals surface area (Å²) in [6.45, 7) is 0. The highest BCUT2D eigenvalue weighted by Gasteiger charge is 2.22. The van der Waals surface area contributed by atoms with Crippen molar-refractivity contribution in [3.8, 4) is 0 Å². The van der Waals surface area contributed by atoms with E-state index in [2.05, 4.69) is 5.32 Å². The average Bonchev–Trinajstić information content (AvgIpc) is 2.48. The minimum absolute atomic E-state index is 0.205. The lowest BCUT2D eigenvalue weighted by Gasteiger charge is -2.15. The molecule has 0 aliphatic rings. The van der Waals surface area contributed by atoms with Gasteiger partial charge in [-0.15, -0.1) is 0 Å². The Morgan fingerprint density at radius 2 is 1.67 bits per heavy atom. The SMILES string of the molecule is O=C(Cc1ccccc1F)N[C@H](C(=O)O)c1ccccc1. The number of aliphatic carboxylic acids is 1. The Kier molecular flexibility index (Phi) is 4.66. The first-order valence-corrected chi connectivity index (χ1v) is 6.38. The van der Waals surface area contributed by atoms with Gasteiger partial charge in [0.2, 0.25) is 5.91 Å². The zero-order valence-electron chi connectivity index (χ0n) is 11.1. The summed E-state index contributed by atoms with van der Waals surface area (Å²) < 4.78 is 13.5. The van der Waals surface area contributed by atoms with Crippen molar-refractivity contribution < 1.29 is 19.1 Å². The van der Waals surface area contributed by atoms with Gasteiger partial charge in [0.15, 0.2) is 6.04 Å². The number of rotatable bonds is 5. The molecule has 0 aromatic heterocycles. The van der Waals surface area contributed by atoms with E-state index in [1.54, 1.807) is 36.4 Å². The standard InChI is InChI=1S/C16H14FNO3/c17-13-9-5-4-8-12(13)10-14(19)18-15(16(20)21)11-6-2-1-3-7-11/h1-9,15H,10H2,(H,18,19)(H,20,21)/t15-/m0/s1. The molecule has 2 N–H and O–H groups in total. The first kappa shape index (κ1) is 14.7. The first-order valence-electron chi connectivity index (χ1n) is 6.38. The molecule has 2 aromatic rings. The summed E-state index contributed by atoms with van der Waals surface area (Å²) in [6, 6.07) is 13.1. The van der Waals surface area contributed by atoms with Crippen LogP contribution in [-0.2, 0) is 16.0 Å². The van der Waals surface area contributed by atoms with Gasteiger partial charge in [0.1, 0.15) is 5.82 Å². The molecule has 0 saturated heterocycles. The van der Waals surface area contributed by atoms with Gasteiger partial charge in [-0.2, -0.15) is 0 Å². The zero-order valence-corrected chi connectivity index (χ0v) is 11.1. The van der Waals surface area contributed by atoms with Crippen LogP contribution in [0.25, 0.3) is 0 Å². The fraction of sp³-hybridized carbons (Fsp3) is 0.125. The fourth-order valence-electron chi connectivity index (χ4n) is 1.96. The number of amides is 1. The minimum atomic E-state index is -1.16. The first-order chi connectivity index (χ1) is 10.1. The number of carbonyl (C=O) groups is 2. The van der Waals surface area contributed by atoms with Crippen molar-refractivity contribution in [3.05, 3.63) is 71.5 Å². The third-order valence-electron chi connectivity index (χ3n) is 2.99. The molecule has 2 rings (SSSR count). The van der Waals surface area contributed by atoms with E-state index in [4.69, 9.17) is 0 Å². The molecule has 0 unspecified atom stereocenters. The van der Waals surface area contributed by atoms with Gasteiger partial charge < -0.3 is 10.4 Å². The van der Waals surface area contributed by atoms with Crippen molar-refractivity contribution in [1.29, 1.82) is 0 Å². The molecule has 0 bridgehead atoms. The monoisotopic (exact) mass is 287 g/mol. The summed E-state index contributed by atoms with van der Waals surface area (Å²) in [6.07, 6.45) is -0.205. The molecule has 21 heavy (non-hydrogen) atoms. The number of halogens is 1. The van der Waals surface area contributed by atoms with E-state index in [0.29, 0.717) is 5.56 Å². The number of carbonyl (C=O) groups excluding carboxylic acids is 1. The third kappa shape index (κ3) is 3.89. The largest absolute Gasteiger partial charge is 0.479 e. The van der Waals surface area contributed by atoms with Gasteiger partial charge in [0.05, 0.1) is 6.42 Å². The van der Waals surface area contributed by atoms with Crippen LogP contribution < -0.4 is 5.32 Å². The van der Waals surface area contributed by atoms with Crippen molar-refractivity contribution in [2.45, 2.75) is 12.5 Å². The van der Waals surface area contributed by atoms with Crippen molar-refractivity contribution in [2.24, 2.45) is 0 Å². The van der Waals surface area contributed by atoms with Crippen LogP contribution in [0.4, 0.5) is 4.39 Å². The second kappa shape index (κ2) is 6.65. The van der Waals surface area contributed by atoms with Gasteiger partial charge in [-0.1, -0.05) is 48.5 Å². The van der Waals surface area contributed by atoms with E-state index >= 15 is 0 Å². The van der Waals surface area contributed by atoms with Crippen LogP contribution in [0.2, 0.25) is 0 Å². The quantitative estimate of drug-likeness (QED) is 0.887. The summed E-state index contributed by atoms with van der Waals surface area (Å²) >= 11 is 0. The predicted octanol–water partition coefficient (Wildman–Crippen LogP) is 2.31. The van der Waals surface area contributed by atoms with Crippen LogP contribution in [0.15, 0.2) is 54.6 Å². The van der Waals surface area contributed by atoms with Gasteiger partial charge in [-0.3, -0.25) is 4.79 Å². The smallest absolute Gasteiger partial charge is 0.330 e. The van der Waals surface area contributed by atoms with E-state index in [0.717, 1.165) is 0 Å². The summed E-state index contributed by atoms with van der Waals surface area (Å²) in [5.74, 6) is -2.20. The van der Waals surface area contributed by atoms with E-state index in [9.17, 15) is 19.1 Å². The van der Waals surface area contributed by atoms with Crippen molar-refractivity contribution in [1.82, 2.24) is 5.32 Å². The number of hydrogen-bond acceptors (Lipinski definition) is 2. The molecule has 0 saturated carbocycles. The third-order valence-corrected chi connectivity index (χ3v) is 2.99. The van der Waals surface area contributed by atoms with Crippen LogP contribution in [0, 0.1) is 5.82 Å². The zero-order chi connectivity index (χ0) is 15.2. The highest BCUT2D eigenvalue weighted by molar-refractivity contribution is 5.85. The van der Waals surface area contributed by atoms with Gasteiger partial charge in [-0.25, -0.2) is 9.18 Å². The highest BCUT2D eigenvalue weighted by atomic mass is 19.1. The van der Waals surface area contributed by atoms with Gasteiger partial charge in [0.25, 0.3) is 0 Å². The van der Waals surface area contributed by atoms with Crippen LogP contribution in [0.3, 0.4) is 0 Å². The van der Waals surface area contributed by atoms with Crippen LogP contribution in [-0.4, -0.2) is 17.0 Å². The topological polar surface area (TPSA) is 66.4 Å². The Bertz CT molecular complexity index is 643. The normalized spacial score (nSPS) is 11.7. The summed E-state index contributed by atoms with van der Waals surface area (Å²) in [5, 5.41) is 11.6. The van der Waals surface area contributed by atoms with Crippen molar-refractivity contribution in [2.75, 3.05) is 0 Å². The Morgan fingerprint density at radius 3 is 2.29 bits per heavy atom. The van der Waals surface area contributed by atoms with E-state index < -0.39 is 23.7 Å². The molecule has 0 heterocycles. The fourth-order valence-corrected chi connectivity index (χ4v) is 1.96. The number of hydrogen-bond donors (Lipinski definition) is 2. The Hall–Kier alpha value is -2.69. The molecule has 5 heteroatoms. The molecule has 1 amide bonds. The highest BCUT2D eigenvalue weighted by Crippen LogP contribution is 2.14. The van der Waals surface area contributed by atoms with E-state index in [-0.39, 0.29) is 12.0 Å². The van der Waals surface area contributed by atoms with Crippen molar-refractivity contribution >= 4 is 11.9 Å². The summed E-state index contributed by atoms with van der Waals surface area (Å²) in [7, 11) is 0. The number of nitrogens with one attached hydrogen (secondary N) is 1. The lowest BCUT2D eigenvalue weighted by Crippen LogP contribution is -2.34. The molecule has 0 fully saturated rings.